The van der Waals surface area contributed by atoms with Crippen LogP contribution < -0.4 is 21.7 Å². The quantitative estimate of drug-likeness (QED) is 0.0301. The number of rotatable bonds is 31. The second-order valence-electron chi connectivity index (χ2n) is 16.1. The van der Waals surface area contributed by atoms with Crippen LogP contribution >= 0.6 is 0 Å². The van der Waals surface area contributed by atoms with E-state index in [0.29, 0.717) is 0 Å². The van der Waals surface area contributed by atoms with E-state index in [0.717, 1.165) is 13.8 Å². The molecule has 2 saturated heterocycles. The highest BCUT2D eigenvalue weighted by atomic mass is 16.7. The molecule has 0 aliphatic carbocycles. The normalized spacial score (nSPS) is 22.4. The van der Waals surface area contributed by atoms with Crippen molar-refractivity contribution < 1.29 is 109 Å². The van der Waals surface area contributed by atoms with Gasteiger partial charge in [0.2, 0.25) is 5.91 Å². The van der Waals surface area contributed by atoms with E-state index >= 15 is 0 Å². The smallest absolute Gasteiger partial charge is 0.303 e. The van der Waals surface area contributed by atoms with E-state index in [1.54, 1.807) is 0 Å². The Morgan fingerprint density at radius 2 is 0.959 bits per heavy atom. The molecule has 2 aliphatic rings. The van der Waals surface area contributed by atoms with Gasteiger partial charge in [-0.3, -0.25) is 43.2 Å². The van der Waals surface area contributed by atoms with Crippen LogP contribution in [-0.2, 0) is 99.9 Å². The number of nitrogen functional groups attached to an aromatic ring is 1. The number of benzene rings is 1. The Kier molecular flexibility index (Phi) is 27.6. The minimum atomic E-state index is -1.26. The van der Waals surface area contributed by atoms with Crippen molar-refractivity contribution >= 4 is 59.2 Å². The van der Waals surface area contributed by atoms with E-state index in [2.05, 4.69) is 16.0 Å². The van der Waals surface area contributed by atoms with Crippen molar-refractivity contribution in [2.24, 2.45) is 0 Å². The first-order chi connectivity index (χ1) is 34.7. The minimum absolute atomic E-state index is 0.0348. The first kappa shape index (κ1) is 61.2. The van der Waals surface area contributed by atoms with Gasteiger partial charge < -0.3 is 88.0 Å². The monoisotopic (exact) mass is 1040 g/mol. The Bertz CT molecular complexity index is 1990. The maximum absolute atomic E-state index is 12.9. The van der Waals surface area contributed by atoms with Gasteiger partial charge in [-0.2, -0.15) is 0 Å². The van der Waals surface area contributed by atoms with Crippen LogP contribution in [0.4, 0.5) is 5.69 Å². The third-order valence-corrected chi connectivity index (χ3v) is 9.95. The van der Waals surface area contributed by atoms with Crippen LogP contribution in [0.15, 0.2) is 18.2 Å². The minimum Gasteiger partial charge on any atom is -0.463 e. The molecule has 2 heterocycles. The molecule has 410 valence electrons. The zero-order chi connectivity index (χ0) is 53.9. The van der Waals surface area contributed by atoms with Crippen molar-refractivity contribution in [2.75, 3.05) is 98.1 Å². The van der Waals surface area contributed by atoms with Gasteiger partial charge in [-0.15, -0.1) is 0 Å². The largest absolute Gasteiger partial charge is 0.463 e. The maximum Gasteiger partial charge on any atom is 0.303 e. The molecule has 2 aliphatic heterocycles. The molecule has 1 aromatic rings. The van der Waals surface area contributed by atoms with Crippen LogP contribution in [0.2, 0.25) is 0 Å². The lowest BCUT2D eigenvalue weighted by Gasteiger charge is -2.44. The van der Waals surface area contributed by atoms with Crippen molar-refractivity contribution in [2.45, 2.75) is 110 Å². The third-order valence-electron chi connectivity index (χ3n) is 9.95. The molecular formula is C46H68N4O23. The van der Waals surface area contributed by atoms with Crippen LogP contribution in [0, 0.1) is 0 Å². The maximum atomic E-state index is 12.9. The summed E-state index contributed by atoms with van der Waals surface area (Å²) in [4.78, 5) is 108. The Hall–Kier alpha value is -6.07. The number of anilines is 1. The molecule has 27 heteroatoms. The summed E-state index contributed by atoms with van der Waals surface area (Å²) in [7, 11) is 0. The van der Waals surface area contributed by atoms with Crippen molar-refractivity contribution in [3.63, 3.8) is 0 Å². The van der Waals surface area contributed by atoms with Gasteiger partial charge >= 0.3 is 35.8 Å². The Labute approximate surface area is 421 Å². The molecule has 9 atom stereocenters. The van der Waals surface area contributed by atoms with Crippen LogP contribution in [-0.4, -0.2) is 201 Å². The summed E-state index contributed by atoms with van der Waals surface area (Å²) in [5.41, 5.74) is 6.49. The Morgan fingerprint density at radius 1 is 0.521 bits per heavy atom. The average molecular weight is 1050 g/mol. The summed E-state index contributed by atoms with van der Waals surface area (Å²) in [5, 5.41) is 8.01. The fraction of sp³-hybridized carbons (Fsp3) is 0.674. The Morgan fingerprint density at radius 3 is 1.44 bits per heavy atom. The summed E-state index contributed by atoms with van der Waals surface area (Å²) in [6.07, 6.45) is -8.59. The van der Waals surface area contributed by atoms with E-state index in [-0.39, 0.29) is 116 Å². The lowest BCUT2D eigenvalue weighted by molar-refractivity contribution is -0.279. The third kappa shape index (κ3) is 24.0. The van der Waals surface area contributed by atoms with Gasteiger partial charge in [0, 0.05) is 84.8 Å². The predicted octanol–water partition coefficient (Wildman–Crippen LogP) is -0.974. The van der Waals surface area contributed by atoms with E-state index in [9.17, 15) is 43.2 Å². The summed E-state index contributed by atoms with van der Waals surface area (Å²) < 4.78 is 77.1. The topological polar surface area (TPSA) is 345 Å². The zero-order valence-electron chi connectivity index (χ0n) is 42.0. The number of hydrogen-bond acceptors (Lipinski definition) is 24. The lowest BCUT2D eigenvalue weighted by Crippen LogP contribution is -2.66. The van der Waals surface area contributed by atoms with Gasteiger partial charge in [0.15, 0.2) is 30.9 Å². The molecule has 2 unspecified atom stereocenters. The number of carbonyl (C=O) groups excluding carboxylic acids is 9. The van der Waals surface area contributed by atoms with E-state index < -0.39 is 109 Å². The van der Waals surface area contributed by atoms with Crippen molar-refractivity contribution in [3.8, 4) is 0 Å². The molecule has 27 nitrogen and oxygen atoms in total. The number of nitrogens with one attached hydrogen (secondary N) is 3. The molecule has 0 bridgehead atoms. The fourth-order valence-corrected chi connectivity index (χ4v) is 7.13. The van der Waals surface area contributed by atoms with E-state index in [4.69, 9.17) is 72.0 Å². The molecule has 5 N–H and O–H groups in total. The second kappa shape index (κ2) is 32.9. The molecule has 0 spiro atoms. The molecular weight excluding hydrogens is 977 g/mol. The van der Waals surface area contributed by atoms with Crippen molar-refractivity contribution in [3.05, 3.63) is 29.3 Å². The van der Waals surface area contributed by atoms with Gasteiger partial charge in [-0.1, -0.05) is 0 Å². The highest BCUT2D eigenvalue weighted by Crippen LogP contribution is 2.29. The van der Waals surface area contributed by atoms with E-state index in [1.165, 1.54) is 52.8 Å². The van der Waals surface area contributed by atoms with Crippen molar-refractivity contribution in [1.82, 2.24) is 16.0 Å². The number of ether oxygens (including phenoxy) is 14. The second-order valence-corrected chi connectivity index (χ2v) is 16.1. The molecule has 1 aromatic carbocycles. The predicted molar refractivity (Wildman–Crippen MR) is 246 cm³/mol. The molecule has 0 aromatic heterocycles. The number of esters is 6. The number of amides is 3. The highest BCUT2D eigenvalue weighted by Gasteiger charge is 2.51. The van der Waals surface area contributed by atoms with Crippen molar-refractivity contribution in [1.29, 1.82) is 0 Å². The van der Waals surface area contributed by atoms with Gasteiger partial charge in [-0.25, -0.2) is 0 Å². The van der Waals surface area contributed by atoms with Gasteiger partial charge in [0.25, 0.3) is 11.8 Å². The summed E-state index contributed by atoms with van der Waals surface area (Å²) in [6.45, 7) is 9.03. The summed E-state index contributed by atoms with van der Waals surface area (Å²) in [6, 6.07) is 3.13. The van der Waals surface area contributed by atoms with Gasteiger partial charge in [0.1, 0.15) is 37.6 Å². The van der Waals surface area contributed by atoms with Gasteiger partial charge in [0.05, 0.1) is 66.1 Å². The standard InChI is InChI=1S/C46H68N4O23/c1-26(51)50-40-43(71-32(7)57)42(70-31(6)56)38(25-67-28(3)53)73-46(40)65-19-17-63-15-13-61-11-9-49-45(59)34-20-33(21-35(47)22-34)44(58)48-8-10-60-12-14-62-16-18-64-39-23-36(68-29(4)54)41(69-30(5)55)37(72-39)24-66-27(2)52/h20-22,36-43,46H,8-19,23-25,47H2,1-7H3,(H,48,58)(H,49,59)(H,50,51)/t36-,37-,38-,39?,40-,41-,42+,43-,46?/m1/s1. The first-order valence-electron chi connectivity index (χ1n) is 23.3. The van der Waals surface area contributed by atoms with Gasteiger partial charge in [-0.05, 0) is 18.2 Å². The van der Waals surface area contributed by atoms with Crippen LogP contribution in [0.1, 0.15) is 75.6 Å². The Balaban J connectivity index is 1.31. The number of nitrogens with two attached hydrogens (primary N) is 1. The lowest BCUT2D eigenvalue weighted by atomic mass is 9.96. The SMILES string of the molecule is CC(=O)N[C@H]1C(OCCOCCOCCNC(=O)c2cc(N)cc(C(=O)NCCOCCOCCOC3C[C@@H](OC(C)=O)[C@@H](OC(C)=O)[C@@H](COC(C)=O)O3)c2)O[C@H](COC(C)=O)[C@H](OC(C)=O)[C@@H]1OC(C)=O. The molecule has 0 saturated carbocycles. The molecule has 0 radical (unpaired) electrons. The molecule has 3 amide bonds. The van der Waals surface area contributed by atoms with Crippen LogP contribution in [0.3, 0.4) is 0 Å². The zero-order valence-corrected chi connectivity index (χ0v) is 42.0. The van der Waals surface area contributed by atoms with Crippen LogP contribution in [0.5, 0.6) is 0 Å². The number of hydrogen-bond donors (Lipinski definition) is 4. The summed E-state index contributed by atoms with van der Waals surface area (Å²) in [5.74, 6) is -5.43. The molecule has 3 rings (SSSR count). The molecule has 2 fully saturated rings. The summed E-state index contributed by atoms with van der Waals surface area (Å²) >= 11 is 0. The fourth-order valence-electron chi connectivity index (χ4n) is 7.13. The average Bonchev–Trinajstić information content (AvgIpc) is 3.30. The molecule has 73 heavy (non-hydrogen) atoms. The van der Waals surface area contributed by atoms with Crippen LogP contribution in [0.25, 0.3) is 0 Å². The highest BCUT2D eigenvalue weighted by molar-refractivity contribution is 6.01. The number of carbonyl (C=O) groups is 9. The first-order valence-corrected chi connectivity index (χ1v) is 23.3. The van der Waals surface area contributed by atoms with E-state index in [1.807, 2.05) is 0 Å².